The van der Waals surface area contributed by atoms with E-state index in [0.717, 1.165) is 5.39 Å². The number of carbonyl (C=O) groups excluding carboxylic acids is 1. The standard InChI is InChI=1S/C15H15FN2O2/c16-7-11-8-18(9-11)14(19)10-17-6-5-12-3-1-2-4-13(12)15(17)20/h1-6,11H,7-10H2. The first kappa shape index (κ1) is 12.8. The number of nitrogens with zero attached hydrogens (tertiary/aromatic N) is 2. The summed E-state index contributed by atoms with van der Waals surface area (Å²) in [6.07, 6.45) is 1.63. The molecule has 1 amide bonds. The van der Waals surface area contributed by atoms with Crippen LogP contribution in [0, 0.1) is 5.92 Å². The number of hydrogen-bond donors (Lipinski definition) is 0. The van der Waals surface area contributed by atoms with Crippen molar-refractivity contribution < 1.29 is 9.18 Å². The predicted octanol–water partition coefficient (Wildman–Crippen LogP) is 1.43. The fraction of sp³-hybridized carbons (Fsp3) is 0.333. The third kappa shape index (κ3) is 2.19. The van der Waals surface area contributed by atoms with Crippen LogP contribution < -0.4 is 5.56 Å². The molecule has 2 heterocycles. The van der Waals surface area contributed by atoms with E-state index in [-0.39, 0.29) is 30.6 Å². The van der Waals surface area contributed by atoms with Gasteiger partial charge in [-0.3, -0.25) is 14.0 Å². The van der Waals surface area contributed by atoms with Crippen LogP contribution in [-0.2, 0) is 11.3 Å². The SMILES string of the molecule is O=C(Cn1ccc2ccccc2c1=O)N1CC(CF)C1. The molecule has 0 saturated carbocycles. The highest BCUT2D eigenvalue weighted by Gasteiger charge is 2.30. The molecule has 1 aliphatic rings. The van der Waals surface area contributed by atoms with Gasteiger partial charge in [0.15, 0.2) is 0 Å². The zero-order chi connectivity index (χ0) is 14.1. The number of aromatic nitrogens is 1. The number of benzene rings is 1. The van der Waals surface area contributed by atoms with Crippen LogP contribution in [0.25, 0.3) is 10.8 Å². The summed E-state index contributed by atoms with van der Waals surface area (Å²) in [5.41, 5.74) is -0.168. The molecule has 0 radical (unpaired) electrons. The Labute approximate surface area is 115 Å². The molecule has 3 rings (SSSR count). The molecule has 0 N–H and O–H groups in total. The Hall–Kier alpha value is -2.17. The zero-order valence-electron chi connectivity index (χ0n) is 11.0. The molecule has 1 fully saturated rings. The van der Waals surface area contributed by atoms with Crippen molar-refractivity contribution >= 4 is 16.7 Å². The molecule has 104 valence electrons. The molecule has 0 atom stereocenters. The van der Waals surface area contributed by atoms with E-state index in [4.69, 9.17) is 0 Å². The van der Waals surface area contributed by atoms with E-state index in [1.165, 1.54) is 4.57 Å². The van der Waals surface area contributed by atoms with Gasteiger partial charge in [0.25, 0.3) is 5.56 Å². The lowest BCUT2D eigenvalue weighted by molar-refractivity contribution is -0.138. The molecule has 4 nitrogen and oxygen atoms in total. The summed E-state index contributed by atoms with van der Waals surface area (Å²) < 4.78 is 13.8. The maximum atomic E-state index is 12.3. The molecule has 0 unspecified atom stereocenters. The first-order valence-electron chi connectivity index (χ1n) is 6.61. The molecule has 0 spiro atoms. The quantitative estimate of drug-likeness (QED) is 0.849. The van der Waals surface area contributed by atoms with Crippen molar-refractivity contribution in [3.05, 3.63) is 46.9 Å². The molecule has 5 heteroatoms. The summed E-state index contributed by atoms with van der Waals surface area (Å²) in [5, 5.41) is 1.47. The zero-order valence-corrected chi connectivity index (χ0v) is 11.0. The van der Waals surface area contributed by atoms with E-state index in [9.17, 15) is 14.0 Å². The van der Waals surface area contributed by atoms with Crippen molar-refractivity contribution in [3.8, 4) is 0 Å². The maximum absolute atomic E-state index is 12.3. The van der Waals surface area contributed by atoms with Crippen LogP contribution in [0.5, 0.6) is 0 Å². The van der Waals surface area contributed by atoms with Crippen LogP contribution in [0.2, 0.25) is 0 Å². The molecule has 1 aromatic heterocycles. The van der Waals surface area contributed by atoms with E-state index < -0.39 is 0 Å². The number of rotatable bonds is 3. The van der Waals surface area contributed by atoms with Crippen LogP contribution in [0.15, 0.2) is 41.3 Å². The Morgan fingerprint density at radius 2 is 2.00 bits per heavy atom. The average Bonchev–Trinajstić information content (AvgIpc) is 2.41. The summed E-state index contributed by atoms with van der Waals surface area (Å²) in [5.74, 6) is -0.167. The van der Waals surface area contributed by atoms with Crippen molar-refractivity contribution in [2.45, 2.75) is 6.54 Å². The van der Waals surface area contributed by atoms with E-state index in [0.29, 0.717) is 18.5 Å². The van der Waals surface area contributed by atoms with Crippen molar-refractivity contribution in [2.75, 3.05) is 19.8 Å². The minimum absolute atomic E-state index is 0.0165. The summed E-state index contributed by atoms with van der Waals surface area (Å²) >= 11 is 0. The fourth-order valence-electron chi connectivity index (χ4n) is 2.47. The highest BCUT2D eigenvalue weighted by Crippen LogP contribution is 2.16. The van der Waals surface area contributed by atoms with Gasteiger partial charge in [-0.25, -0.2) is 0 Å². The molecule has 1 saturated heterocycles. The number of halogens is 1. The highest BCUT2D eigenvalue weighted by atomic mass is 19.1. The van der Waals surface area contributed by atoms with Gasteiger partial charge in [0.1, 0.15) is 6.54 Å². The highest BCUT2D eigenvalue weighted by molar-refractivity contribution is 5.82. The summed E-state index contributed by atoms with van der Waals surface area (Å²) in [4.78, 5) is 25.8. The van der Waals surface area contributed by atoms with Crippen LogP contribution in [-0.4, -0.2) is 35.1 Å². The summed E-state index contributed by atoms with van der Waals surface area (Å²) in [7, 11) is 0. The van der Waals surface area contributed by atoms with Gasteiger partial charge in [-0.1, -0.05) is 18.2 Å². The minimum Gasteiger partial charge on any atom is -0.340 e. The van der Waals surface area contributed by atoms with Gasteiger partial charge in [0.2, 0.25) is 5.91 Å². The number of alkyl halides is 1. The number of pyridine rings is 1. The average molecular weight is 274 g/mol. The van der Waals surface area contributed by atoms with E-state index in [1.807, 2.05) is 18.2 Å². The Morgan fingerprint density at radius 1 is 1.25 bits per heavy atom. The number of hydrogen-bond acceptors (Lipinski definition) is 2. The molecule has 20 heavy (non-hydrogen) atoms. The lowest BCUT2D eigenvalue weighted by Crippen LogP contribution is -2.52. The van der Waals surface area contributed by atoms with Crippen LogP contribution in [0.1, 0.15) is 0 Å². The van der Waals surface area contributed by atoms with Gasteiger partial charge in [-0.05, 0) is 17.5 Å². The second-order valence-electron chi connectivity index (χ2n) is 5.16. The van der Waals surface area contributed by atoms with Crippen molar-refractivity contribution in [2.24, 2.45) is 5.92 Å². The second-order valence-corrected chi connectivity index (χ2v) is 5.16. The molecule has 1 aliphatic heterocycles. The van der Waals surface area contributed by atoms with Crippen LogP contribution in [0.4, 0.5) is 4.39 Å². The smallest absolute Gasteiger partial charge is 0.258 e. The fourth-order valence-corrected chi connectivity index (χ4v) is 2.47. The second kappa shape index (κ2) is 5.07. The van der Waals surface area contributed by atoms with E-state index >= 15 is 0 Å². The number of carbonyl (C=O) groups is 1. The molecular formula is C15H15FN2O2. The normalized spacial score (nSPS) is 15.3. The van der Waals surface area contributed by atoms with Gasteiger partial charge >= 0.3 is 0 Å². The first-order valence-corrected chi connectivity index (χ1v) is 6.61. The Kier molecular flexibility index (Phi) is 3.26. The first-order chi connectivity index (χ1) is 9.69. The maximum Gasteiger partial charge on any atom is 0.258 e. The monoisotopic (exact) mass is 274 g/mol. The van der Waals surface area contributed by atoms with E-state index in [1.54, 1.807) is 23.2 Å². The molecule has 0 bridgehead atoms. The summed E-state index contributed by atoms with van der Waals surface area (Å²) in [6.45, 7) is 0.539. The third-order valence-corrected chi connectivity index (χ3v) is 3.72. The molecule has 2 aromatic rings. The largest absolute Gasteiger partial charge is 0.340 e. The minimum atomic E-state index is -0.389. The van der Waals surface area contributed by atoms with Gasteiger partial charge in [-0.15, -0.1) is 0 Å². The topological polar surface area (TPSA) is 42.3 Å². The van der Waals surface area contributed by atoms with Crippen molar-refractivity contribution in [1.82, 2.24) is 9.47 Å². The molecular weight excluding hydrogens is 259 g/mol. The van der Waals surface area contributed by atoms with Crippen LogP contribution in [0.3, 0.4) is 0 Å². The lowest BCUT2D eigenvalue weighted by atomic mass is 10.0. The number of likely N-dealkylation sites (tertiary alicyclic amines) is 1. The number of fused-ring (bicyclic) bond motifs is 1. The third-order valence-electron chi connectivity index (χ3n) is 3.72. The Bertz CT molecular complexity index is 704. The Morgan fingerprint density at radius 3 is 2.75 bits per heavy atom. The Balaban J connectivity index is 1.80. The van der Waals surface area contributed by atoms with E-state index in [2.05, 4.69) is 0 Å². The lowest BCUT2D eigenvalue weighted by Gasteiger charge is -2.37. The van der Waals surface area contributed by atoms with Gasteiger partial charge < -0.3 is 9.47 Å². The van der Waals surface area contributed by atoms with Crippen LogP contribution >= 0.6 is 0 Å². The molecule has 0 aliphatic carbocycles. The van der Waals surface area contributed by atoms with Gasteiger partial charge in [0, 0.05) is 30.6 Å². The predicted molar refractivity (Wildman–Crippen MR) is 74.3 cm³/mol. The molecule has 1 aromatic carbocycles. The summed E-state index contributed by atoms with van der Waals surface area (Å²) in [6, 6.07) is 9.11. The van der Waals surface area contributed by atoms with Crippen molar-refractivity contribution in [1.29, 1.82) is 0 Å². The van der Waals surface area contributed by atoms with Gasteiger partial charge in [-0.2, -0.15) is 0 Å². The van der Waals surface area contributed by atoms with Gasteiger partial charge in [0.05, 0.1) is 6.67 Å². The van der Waals surface area contributed by atoms with Crippen molar-refractivity contribution in [3.63, 3.8) is 0 Å². The number of amides is 1.